The average Bonchev–Trinajstić information content (AvgIpc) is 1.75. The van der Waals surface area contributed by atoms with E-state index in [2.05, 4.69) is 63.2 Å². The molecule has 5 aliphatic rings. The summed E-state index contributed by atoms with van der Waals surface area (Å²) in [5, 5.41) is 9.47. The summed E-state index contributed by atoms with van der Waals surface area (Å²) in [6.07, 6.45) is 4.15. The first-order chi connectivity index (χ1) is 46.3. The molecule has 0 radical (unpaired) electrons. The van der Waals surface area contributed by atoms with Crippen molar-refractivity contribution in [1.29, 1.82) is 0 Å². The molecule has 0 aromatic heterocycles. The SMILES string of the molecule is C=C1CCC(N2C(=O)c3cccc(NCCOCCOCCOCC(=O)N4CCN(CC[C@H](CSc5ccccc5)Nc5ccc(S(=O)(=O)NC(=O)c6ccc(N7CCN(CC8=C(c9ccc(Cl)cc9)CCC(C)(C)C8)CC7)cc6)cc5S(=O)(=O)C(F)(F)F)CC4)c3C2=O)C(=O)N1. The van der Waals surface area contributed by atoms with Crippen LogP contribution in [-0.2, 0) is 43.7 Å². The van der Waals surface area contributed by atoms with Crippen LogP contribution >= 0.6 is 23.4 Å². The van der Waals surface area contributed by atoms with E-state index in [1.165, 1.54) is 40.6 Å². The molecule has 2 atom stereocenters. The molecule has 4 heterocycles. The number of imide groups is 1. The number of piperazine rings is 2. The molecule has 0 saturated carbocycles. The van der Waals surface area contributed by atoms with Gasteiger partial charge < -0.3 is 40.0 Å². The minimum atomic E-state index is -6.17. The molecule has 5 amide bonds. The fraction of sp³-hybridized carbons (Fsp3) is 0.435. The summed E-state index contributed by atoms with van der Waals surface area (Å²) in [5.74, 6) is -2.53. The maximum Gasteiger partial charge on any atom is 0.501 e. The fourth-order valence-corrected chi connectivity index (χ4v) is 15.7. The number of benzene rings is 5. The van der Waals surface area contributed by atoms with Gasteiger partial charge in [0.05, 0.1) is 54.7 Å². The third-order valence-corrected chi connectivity index (χ3v) is 22.2. The largest absolute Gasteiger partial charge is 0.501 e. The number of anilines is 3. The van der Waals surface area contributed by atoms with Gasteiger partial charge in [-0.2, -0.15) is 13.2 Å². The third-order valence-electron chi connectivity index (χ3n) is 17.9. The summed E-state index contributed by atoms with van der Waals surface area (Å²) in [5.41, 5.74) is 0.0937. The molecule has 10 rings (SSSR count). The minimum Gasteiger partial charge on any atom is -0.382 e. The number of allylic oxidation sites excluding steroid dienone is 2. The number of rotatable bonds is 29. The van der Waals surface area contributed by atoms with Gasteiger partial charge in [-0.25, -0.2) is 21.6 Å². The second-order valence-electron chi connectivity index (χ2n) is 25.3. The molecule has 0 bridgehead atoms. The molecule has 4 aliphatic heterocycles. The second kappa shape index (κ2) is 32.1. The average molecular weight is 1420 g/mol. The summed E-state index contributed by atoms with van der Waals surface area (Å²) < 4.78 is 117. The molecule has 4 N–H and O–H groups in total. The number of alkyl halides is 3. The van der Waals surface area contributed by atoms with Crippen LogP contribution in [-0.4, -0.2) is 201 Å². The number of fused-ring (bicyclic) bond motifs is 1. The molecule has 97 heavy (non-hydrogen) atoms. The number of hydrogen-bond donors (Lipinski definition) is 4. The van der Waals surface area contributed by atoms with Crippen LogP contribution in [0.5, 0.6) is 0 Å². The van der Waals surface area contributed by atoms with Gasteiger partial charge in [-0.3, -0.25) is 38.7 Å². The molecule has 1 unspecified atom stereocenters. The van der Waals surface area contributed by atoms with Gasteiger partial charge in [-0.15, -0.1) is 11.8 Å². The van der Waals surface area contributed by atoms with Gasteiger partial charge in [0.25, 0.3) is 37.6 Å². The van der Waals surface area contributed by atoms with Gasteiger partial charge >= 0.3 is 5.51 Å². The Morgan fingerprint density at radius 1 is 0.773 bits per heavy atom. The fourth-order valence-electron chi connectivity index (χ4n) is 12.6. The predicted molar refractivity (Wildman–Crippen MR) is 366 cm³/mol. The molecule has 0 spiro atoms. The van der Waals surface area contributed by atoms with E-state index in [9.17, 15) is 54.0 Å². The van der Waals surface area contributed by atoms with Crippen molar-refractivity contribution in [2.45, 2.75) is 84.7 Å². The van der Waals surface area contributed by atoms with Gasteiger partial charge in [0.15, 0.2) is 0 Å². The standard InChI is InChI=1S/C69H81ClF3N9O12S3/c1-47-12-23-60(65(85)75-47)82-66(86)57-10-7-11-59(63(57)67(82)87)74-27-37-92-38-39-93-40-41-94-45-62(83)81-35-29-78(30-36-81)28-25-52(46-95-54-8-5-4-6-9-54)76-58-22-21-55(42-61(58)96(88,89)69(71,72)73)97(90,91)77-64(84)49-15-19-53(20-16-49)80-33-31-79(32-34-80)44-50-43-68(2,3)26-24-56(50)48-13-17-51(70)18-14-48/h4-11,13-22,42,52,60,74,76H,1,12,23-41,43-46H2,2-3H3,(H,75,85)(H,77,84)/t52-,60?/m1/s1. The van der Waals surface area contributed by atoms with Crippen molar-refractivity contribution in [2.24, 2.45) is 5.41 Å². The van der Waals surface area contributed by atoms with Crippen molar-refractivity contribution in [2.75, 3.05) is 133 Å². The van der Waals surface area contributed by atoms with E-state index in [0.717, 1.165) is 66.5 Å². The van der Waals surface area contributed by atoms with E-state index in [0.29, 0.717) is 94.1 Å². The highest BCUT2D eigenvalue weighted by atomic mass is 35.5. The molecule has 3 fully saturated rings. The number of halogens is 4. The van der Waals surface area contributed by atoms with E-state index in [4.69, 9.17) is 25.8 Å². The van der Waals surface area contributed by atoms with Crippen LogP contribution in [0.15, 0.2) is 148 Å². The Labute approximate surface area is 573 Å². The number of nitrogens with one attached hydrogen (secondary N) is 4. The summed E-state index contributed by atoms with van der Waals surface area (Å²) >= 11 is 7.61. The first-order valence-electron chi connectivity index (χ1n) is 32.3. The van der Waals surface area contributed by atoms with Crippen LogP contribution in [0.25, 0.3) is 5.57 Å². The molecular formula is C69H81ClF3N9O12S3. The highest BCUT2D eigenvalue weighted by Gasteiger charge is 2.49. The number of hydrogen-bond acceptors (Lipinski definition) is 18. The Kier molecular flexibility index (Phi) is 24.0. The molecule has 5 aromatic carbocycles. The van der Waals surface area contributed by atoms with Crippen LogP contribution < -0.4 is 25.6 Å². The lowest BCUT2D eigenvalue weighted by atomic mass is 9.73. The van der Waals surface area contributed by atoms with E-state index < -0.39 is 76.6 Å². The molecule has 21 nitrogen and oxygen atoms in total. The number of sulfonamides is 1. The zero-order valence-electron chi connectivity index (χ0n) is 54.2. The quantitative estimate of drug-likeness (QED) is 0.0198. The Morgan fingerprint density at radius 3 is 2.14 bits per heavy atom. The van der Waals surface area contributed by atoms with Gasteiger partial charge in [0, 0.05) is 116 Å². The normalized spacial score (nSPS) is 18.5. The number of thioether (sulfide) groups is 1. The van der Waals surface area contributed by atoms with Crippen LogP contribution in [0.1, 0.15) is 89.0 Å². The van der Waals surface area contributed by atoms with Crippen molar-refractivity contribution in [3.8, 4) is 0 Å². The maximum atomic E-state index is 14.5. The van der Waals surface area contributed by atoms with Crippen LogP contribution in [0.2, 0.25) is 5.02 Å². The Balaban J connectivity index is 0.666. The maximum absolute atomic E-state index is 14.5. The van der Waals surface area contributed by atoms with Crippen LogP contribution in [0, 0.1) is 5.41 Å². The summed E-state index contributed by atoms with van der Waals surface area (Å²) in [6, 6.07) is 29.2. The first-order valence-corrected chi connectivity index (χ1v) is 36.6. The van der Waals surface area contributed by atoms with E-state index in [1.807, 2.05) is 47.2 Å². The van der Waals surface area contributed by atoms with Gasteiger partial charge in [-0.05, 0) is 134 Å². The van der Waals surface area contributed by atoms with Gasteiger partial charge in [0.1, 0.15) is 17.5 Å². The Morgan fingerprint density at radius 2 is 1.45 bits per heavy atom. The minimum absolute atomic E-state index is 0.0398. The Bertz CT molecular complexity index is 3950. The highest BCUT2D eigenvalue weighted by Crippen LogP contribution is 2.43. The number of sulfone groups is 1. The number of carbonyl (C=O) groups is 5. The second-order valence-corrected chi connectivity index (χ2v) is 30.4. The molecule has 28 heteroatoms. The van der Waals surface area contributed by atoms with Crippen LogP contribution in [0.4, 0.5) is 30.2 Å². The zero-order chi connectivity index (χ0) is 69.1. The number of ether oxygens (including phenoxy) is 3. The lowest BCUT2D eigenvalue weighted by Gasteiger charge is -2.39. The molecular weight excluding hydrogens is 1340 g/mol. The summed E-state index contributed by atoms with van der Waals surface area (Å²) in [6.45, 7) is 15.5. The zero-order valence-corrected chi connectivity index (χ0v) is 57.4. The lowest BCUT2D eigenvalue weighted by molar-refractivity contribution is -0.138. The highest BCUT2D eigenvalue weighted by molar-refractivity contribution is 7.99. The molecule has 3 saturated heterocycles. The summed E-state index contributed by atoms with van der Waals surface area (Å²) in [4.78, 5) is 73.9. The molecule has 5 aromatic rings. The number of amides is 5. The first kappa shape index (κ1) is 72.4. The number of nitrogens with zero attached hydrogens (tertiary/aromatic N) is 5. The van der Waals surface area contributed by atoms with Crippen molar-refractivity contribution in [3.63, 3.8) is 0 Å². The Hall–Kier alpha value is -7.34. The topological polar surface area (TPSA) is 246 Å². The van der Waals surface area contributed by atoms with Gasteiger partial charge in [0.2, 0.25) is 11.8 Å². The van der Waals surface area contributed by atoms with Crippen molar-refractivity contribution in [3.05, 3.63) is 160 Å². The van der Waals surface area contributed by atoms with Crippen molar-refractivity contribution in [1.82, 2.24) is 29.6 Å². The van der Waals surface area contributed by atoms with E-state index >= 15 is 0 Å². The van der Waals surface area contributed by atoms with Crippen molar-refractivity contribution < 1.29 is 68.2 Å². The molecule has 520 valence electrons. The number of piperidine rings is 1. The third kappa shape index (κ3) is 18.5. The van der Waals surface area contributed by atoms with Crippen molar-refractivity contribution >= 4 is 95.4 Å². The van der Waals surface area contributed by atoms with E-state index in [-0.39, 0.29) is 73.4 Å². The monoisotopic (exact) mass is 1420 g/mol. The predicted octanol–water partition coefficient (Wildman–Crippen LogP) is 9.20. The smallest absolute Gasteiger partial charge is 0.382 e. The van der Waals surface area contributed by atoms with Crippen LogP contribution in [0.3, 0.4) is 0 Å². The lowest BCUT2D eigenvalue weighted by Crippen LogP contribution is -2.51. The summed E-state index contributed by atoms with van der Waals surface area (Å²) in [7, 11) is -11.1. The number of carbonyl (C=O) groups excluding carboxylic acids is 5. The van der Waals surface area contributed by atoms with Gasteiger partial charge in [-0.1, -0.05) is 74.0 Å². The van der Waals surface area contributed by atoms with E-state index in [1.54, 1.807) is 35.2 Å². The molecule has 1 aliphatic carbocycles.